The molecule has 1 aromatic heterocycles. The fourth-order valence-corrected chi connectivity index (χ4v) is 16.1. The SMILES string of the molecule is CCCCCCOCN(C(=O)[C@@H](CC(=O)C1CCCCN1C)C(C)CC)[C@H](C[C@@H](C)c1nc(C(=O)N[C@@H](Cc2ccc(O)cc2)C[C@H](C)C(=O)NCC(=O)OCCSSCC(NC(=O)[C@H](CC(=O)O)CC(=O)[C@H](CC(=O)O)NC(=O)Cc2ccc(CNC(=O)NCCCC[C@H](NC(=O)NCCCC(=O)O)C(=O)O)cc2)C(=O)O)cs1)C(C)C. The number of amides is 9. The zero-order valence-electron chi connectivity index (χ0n) is 68.7. The van der Waals surface area contributed by atoms with Crippen molar-refractivity contribution in [2.45, 2.75) is 232 Å². The number of urea groups is 2. The molecule has 0 saturated carbocycles. The van der Waals surface area contributed by atoms with Crippen molar-refractivity contribution in [1.29, 1.82) is 0 Å². The summed E-state index contributed by atoms with van der Waals surface area (Å²) in [5, 5.41) is 80.1. The lowest BCUT2D eigenvalue weighted by atomic mass is 9.82. The number of ether oxygens (including phenoxy) is 2. The van der Waals surface area contributed by atoms with Crippen LogP contribution in [0.1, 0.15) is 209 Å². The number of carboxylic acid groups (broad SMARTS) is 5. The van der Waals surface area contributed by atoms with Crippen molar-refractivity contribution in [3.63, 3.8) is 0 Å². The first kappa shape index (κ1) is 101. The van der Waals surface area contributed by atoms with E-state index in [-0.39, 0.29) is 142 Å². The second-order valence-electron chi connectivity index (χ2n) is 30.3. The Hall–Kier alpha value is -9.46. The molecule has 2 heterocycles. The third-order valence-electron chi connectivity index (χ3n) is 20.3. The van der Waals surface area contributed by atoms with Crippen LogP contribution in [0.15, 0.2) is 53.9 Å². The van der Waals surface area contributed by atoms with Crippen LogP contribution in [-0.4, -0.2) is 235 Å². The summed E-state index contributed by atoms with van der Waals surface area (Å²) in [6, 6.07) is 5.58. The minimum absolute atomic E-state index is 0.0168. The molecule has 34 nitrogen and oxygen atoms in total. The number of carbonyl (C=O) groups excluding carboxylic acids is 10. The maximum atomic E-state index is 15.1. The van der Waals surface area contributed by atoms with Crippen molar-refractivity contribution in [2.75, 3.05) is 64.7 Å². The number of likely N-dealkylation sites (tertiary alicyclic amines) is 1. The molecule has 3 unspecified atom stereocenters. The molecule has 1 aliphatic rings. The van der Waals surface area contributed by atoms with Gasteiger partial charge in [-0.1, -0.05) is 139 Å². The van der Waals surface area contributed by atoms with Gasteiger partial charge in [0.2, 0.25) is 23.6 Å². The van der Waals surface area contributed by atoms with E-state index in [2.05, 4.69) is 68.2 Å². The van der Waals surface area contributed by atoms with Gasteiger partial charge in [-0.15, -0.1) is 11.3 Å². The van der Waals surface area contributed by atoms with Crippen molar-refractivity contribution in [2.24, 2.45) is 29.6 Å². The Morgan fingerprint density at radius 1 is 0.653 bits per heavy atom. The van der Waals surface area contributed by atoms with Gasteiger partial charge in [0.1, 0.15) is 43.4 Å². The number of nitrogens with zero attached hydrogens (tertiary/aromatic N) is 3. The van der Waals surface area contributed by atoms with Gasteiger partial charge in [-0.25, -0.2) is 24.2 Å². The molecule has 118 heavy (non-hydrogen) atoms. The van der Waals surface area contributed by atoms with E-state index in [1.165, 1.54) is 35.6 Å². The largest absolute Gasteiger partial charge is 0.508 e. The number of aromatic hydroxyl groups is 1. The van der Waals surface area contributed by atoms with Crippen LogP contribution >= 0.6 is 32.9 Å². The highest BCUT2D eigenvalue weighted by Crippen LogP contribution is 2.33. The number of phenols is 1. The maximum absolute atomic E-state index is 15.1. The molecule has 37 heteroatoms. The van der Waals surface area contributed by atoms with Gasteiger partial charge in [-0.3, -0.25) is 57.6 Å². The van der Waals surface area contributed by atoms with Crippen molar-refractivity contribution in [1.82, 2.24) is 57.3 Å². The fourth-order valence-electron chi connectivity index (χ4n) is 13.2. The molecular formula is C81H121N11O23S3. The second-order valence-corrected chi connectivity index (χ2v) is 33.8. The van der Waals surface area contributed by atoms with Crippen LogP contribution in [0.25, 0.3) is 0 Å². The molecule has 3 aromatic rings. The average Bonchev–Trinajstić information content (AvgIpc) is 0.843. The molecule has 1 aliphatic heterocycles. The van der Waals surface area contributed by atoms with Gasteiger partial charge in [0.05, 0.1) is 42.3 Å². The molecule has 656 valence electrons. The minimum Gasteiger partial charge on any atom is -0.508 e. The summed E-state index contributed by atoms with van der Waals surface area (Å²) in [6.45, 7) is 14.9. The fraction of sp³-hybridized carbons (Fsp3) is 0.630. The van der Waals surface area contributed by atoms with Crippen LogP contribution in [-0.2, 0) is 86.4 Å². The predicted molar refractivity (Wildman–Crippen MR) is 442 cm³/mol. The second kappa shape index (κ2) is 54.6. The molecule has 2 aromatic carbocycles. The van der Waals surface area contributed by atoms with Gasteiger partial charge in [0.25, 0.3) is 5.91 Å². The van der Waals surface area contributed by atoms with Gasteiger partial charge < -0.3 is 87.5 Å². The third-order valence-corrected chi connectivity index (χ3v) is 23.7. The third kappa shape index (κ3) is 39.0. The lowest BCUT2D eigenvalue weighted by Crippen LogP contribution is -2.50. The molecule has 1 saturated heterocycles. The number of piperidine rings is 1. The van der Waals surface area contributed by atoms with Gasteiger partial charge in [-0.2, -0.15) is 0 Å². The smallest absolute Gasteiger partial charge is 0.327 e. The maximum Gasteiger partial charge on any atom is 0.327 e. The Labute approximate surface area is 700 Å². The molecule has 1 fully saturated rings. The molecule has 0 aliphatic carbocycles. The first-order chi connectivity index (χ1) is 56.1. The number of aliphatic carboxylic acids is 5. The number of carboxylic acids is 5. The standard InChI is InChI=1S/C81H121N11O23S3/c1-9-11-12-17-33-114-48-92(77(107)59(50(5)10-2)42-67(95)64-20-14-16-32-91(64)8)65(49(3)4)37-52(7)76-89-62(46-116-76)75(106)86-57(38-53-26-28-58(93)29-27-53)36-51(6)73(104)84-45-72(103)115-34-35-117-118-47-63(79(110)111)88-74(105)56(41-70(99)100)40-66(94)61(43-71(101)102)87-68(96)39-54-22-24-55(25-23-54)44-85-80(112)82-30-15-13-19-60(78(108)109)90-81(113)83-31-18-21-69(97)98/h22-29,46,49-52,56-57,59-61,63-65,93H,9-21,30-45,47-48H2,1-8H3,(H,84,104)(H,86,106)(H,87,96)(H,88,105)(H,97,98)(H,99,100)(H,101,102)(H,108,109)(H,110,111)(H2,82,85,112)(H2,83,90,113)/t50?,51-,52+,56-,57+,59-,60-,61-,63?,64?,65+/m0/s1. The number of unbranched alkanes of at least 4 members (excludes halogenated alkanes) is 4. The molecule has 0 spiro atoms. The molecule has 4 rings (SSSR count). The van der Waals surface area contributed by atoms with Crippen molar-refractivity contribution < 1.29 is 112 Å². The van der Waals surface area contributed by atoms with Gasteiger partial charge >= 0.3 is 47.9 Å². The van der Waals surface area contributed by atoms with E-state index >= 15 is 4.79 Å². The van der Waals surface area contributed by atoms with E-state index in [1.54, 1.807) is 36.6 Å². The molecule has 0 radical (unpaired) electrons. The van der Waals surface area contributed by atoms with Crippen molar-refractivity contribution in [3.05, 3.63) is 81.3 Å². The van der Waals surface area contributed by atoms with E-state index < -0.39 is 145 Å². The number of likely N-dealkylation sites (N-methyl/N-ethyl adjacent to an activating group) is 1. The number of rotatable bonds is 59. The lowest BCUT2D eigenvalue weighted by molar-refractivity contribution is -0.151. The Bertz CT molecular complexity index is 3760. The van der Waals surface area contributed by atoms with E-state index in [9.17, 15) is 92.7 Å². The minimum atomic E-state index is -1.74. The highest BCUT2D eigenvalue weighted by Gasteiger charge is 2.40. The van der Waals surface area contributed by atoms with Crippen LogP contribution in [0.2, 0.25) is 0 Å². The summed E-state index contributed by atoms with van der Waals surface area (Å²) in [7, 11) is 3.98. The summed E-state index contributed by atoms with van der Waals surface area (Å²) in [6.07, 6.45) is 6.03. The average molecular weight is 1710 g/mol. The number of nitrogens with one attached hydrogen (secondary N) is 8. The molecular weight excluding hydrogens is 1590 g/mol. The molecule has 9 amide bonds. The van der Waals surface area contributed by atoms with Crippen molar-refractivity contribution >= 4 is 122 Å². The van der Waals surface area contributed by atoms with Gasteiger partial charge in [-0.05, 0) is 118 Å². The van der Waals surface area contributed by atoms with Crippen LogP contribution in [0.3, 0.4) is 0 Å². The van der Waals surface area contributed by atoms with Gasteiger partial charge in [0, 0.05) is 92.2 Å². The van der Waals surface area contributed by atoms with Crippen LogP contribution in [0.4, 0.5) is 9.59 Å². The summed E-state index contributed by atoms with van der Waals surface area (Å²) in [5.74, 6) is -15.2. The Morgan fingerprint density at radius 3 is 1.97 bits per heavy atom. The van der Waals surface area contributed by atoms with Crippen molar-refractivity contribution in [3.8, 4) is 5.75 Å². The number of carbonyl (C=O) groups is 15. The Balaban J connectivity index is 1.26. The lowest BCUT2D eigenvalue weighted by Gasteiger charge is -2.39. The molecule has 14 N–H and O–H groups in total. The number of ketones is 2. The van der Waals surface area contributed by atoms with Gasteiger partial charge in [0.15, 0.2) is 11.6 Å². The molecule has 11 atom stereocenters. The number of benzene rings is 2. The highest BCUT2D eigenvalue weighted by molar-refractivity contribution is 8.76. The normalized spacial score (nSPS) is 15.3. The Morgan fingerprint density at radius 2 is 1.32 bits per heavy atom. The van der Waals surface area contributed by atoms with E-state index in [1.807, 2.05) is 32.7 Å². The van der Waals surface area contributed by atoms with Crippen LogP contribution in [0.5, 0.6) is 5.75 Å². The number of esters is 1. The summed E-state index contributed by atoms with van der Waals surface area (Å²) in [5.41, 5.74) is 1.90. The first-order valence-electron chi connectivity index (χ1n) is 40.3. The number of hydrogen-bond acceptors (Lipinski definition) is 23. The molecule has 0 bridgehead atoms. The first-order valence-corrected chi connectivity index (χ1v) is 43.7. The Kier molecular flexibility index (Phi) is 46.7. The zero-order valence-corrected chi connectivity index (χ0v) is 71.2. The topological polar surface area (TPSA) is 511 Å². The number of aromatic nitrogens is 1. The number of Topliss-reactive ketones (excluding diaryl/α,β-unsaturated/α-hetero) is 2. The highest BCUT2D eigenvalue weighted by atomic mass is 33.1. The summed E-state index contributed by atoms with van der Waals surface area (Å²) >= 11 is 1.32. The van der Waals surface area contributed by atoms with E-state index in [4.69, 9.17) is 19.6 Å². The quantitative estimate of drug-likeness (QED) is 0.0111. The van der Waals surface area contributed by atoms with Crippen LogP contribution < -0.4 is 42.5 Å². The summed E-state index contributed by atoms with van der Waals surface area (Å²) in [4.78, 5) is 202. The number of hydrogen-bond donors (Lipinski definition) is 14. The van der Waals surface area contributed by atoms with E-state index in [0.717, 1.165) is 78.6 Å². The predicted octanol–water partition coefficient (Wildman–Crippen LogP) is 7.67. The number of phenolic OH excluding ortho intramolecular Hbond substituents is 1. The van der Waals surface area contributed by atoms with E-state index in [0.29, 0.717) is 48.4 Å². The monoisotopic (exact) mass is 1710 g/mol. The van der Waals surface area contributed by atoms with Crippen LogP contribution in [0, 0.1) is 29.6 Å². The zero-order chi connectivity index (χ0) is 87.4. The number of thiazole rings is 1. The summed E-state index contributed by atoms with van der Waals surface area (Å²) < 4.78 is 11.6.